The molecule has 0 aliphatic rings. The Morgan fingerprint density at radius 3 is 2.16 bits per heavy atom. The van der Waals surface area contributed by atoms with E-state index in [1.165, 1.54) is 20.4 Å². The highest BCUT2D eigenvalue weighted by Crippen LogP contribution is 2.26. The van der Waals surface area contributed by atoms with Crippen molar-refractivity contribution < 1.29 is 24.1 Å². The van der Waals surface area contributed by atoms with Crippen LogP contribution in [0.3, 0.4) is 0 Å². The van der Waals surface area contributed by atoms with E-state index in [2.05, 4.69) is 15.3 Å². The van der Waals surface area contributed by atoms with Gasteiger partial charge in [0.2, 0.25) is 5.88 Å². The van der Waals surface area contributed by atoms with Crippen LogP contribution in [0.15, 0.2) is 24.4 Å². The van der Waals surface area contributed by atoms with Gasteiger partial charge in [-0.1, -0.05) is 0 Å². The number of ether oxygens (including phenoxy) is 2. The van der Waals surface area contributed by atoms with Crippen molar-refractivity contribution in [2.75, 3.05) is 19.5 Å². The molecule has 1 amide bonds. The van der Waals surface area contributed by atoms with Gasteiger partial charge in [-0.25, -0.2) is 4.98 Å². The fourth-order valence-corrected chi connectivity index (χ4v) is 1.82. The zero-order valence-electron chi connectivity index (χ0n) is 13.0. The summed E-state index contributed by atoms with van der Waals surface area (Å²) in [7, 11) is 2.64. The van der Waals surface area contributed by atoms with Crippen molar-refractivity contribution in [3.8, 4) is 11.9 Å². The minimum atomic E-state index is -0.834. The van der Waals surface area contributed by atoms with Gasteiger partial charge in [0, 0.05) is 12.1 Å². The summed E-state index contributed by atoms with van der Waals surface area (Å²) >= 11 is 0. The van der Waals surface area contributed by atoms with Gasteiger partial charge < -0.3 is 14.8 Å². The molecule has 1 aromatic carbocycles. The van der Waals surface area contributed by atoms with Crippen molar-refractivity contribution in [3.63, 3.8) is 0 Å². The maximum Gasteiger partial charge on any atom is 0.319 e. The lowest BCUT2D eigenvalue weighted by Gasteiger charge is -2.09. The highest BCUT2D eigenvalue weighted by atomic mass is 16.6. The lowest BCUT2D eigenvalue weighted by Crippen LogP contribution is -2.14. The summed E-state index contributed by atoms with van der Waals surface area (Å²) < 4.78 is 9.81. The number of anilines is 1. The zero-order chi connectivity index (χ0) is 18.6. The molecule has 0 saturated carbocycles. The Morgan fingerprint density at radius 1 is 1.08 bits per heavy atom. The van der Waals surface area contributed by atoms with Crippen LogP contribution in [-0.2, 0) is 0 Å². The van der Waals surface area contributed by atoms with Crippen molar-refractivity contribution in [1.29, 1.82) is 0 Å². The molecular formula is C13H11N5O7. The summed E-state index contributed by atoms with van der Waals surface area (Å²) in [6.45, 7) is 0. The monoisotopic (exact) mass is 349 g/mol. The van der Waals surface area contributed by atoms with Crippen LogP contribution in [-0.4, -0.2) is 39.9 Å². The molecule has 0 spiro atoms. The minimum absolute atomic E-state index is 0.000774. The fourth-order valence-electron chi connectivity index (χ4n) is 1.82. The third-order valence-corrected chi connectivity index (χ3v) is 2.94. The largest absolute Gasteiger partial charge is 0.479 e. The normalized spacial score (nSPS) is 10.0. The molecular weight excluding hydrogens is 338 g/mol. The molecule has 0 bridgehead atoms. The lowest BCUT2D eigenvalue weighted by atomic mass is 10.1. The summed E-state index contributed by atoms with van der Waals surface area (Å²) in [5.74, 6) is -0.848. The number of rotatable bonds is 6. The zero-order valence-corrected chi connectivity index (χ0v) is 13.0. The van der Waals surface area contributed by atoms with E-state index >= 15 is 0 Å². The smallest absolute Gasteiger partial charge is 0.319 e. The van der Waals surface area contributed by atoms with Gasteiger partial charge in [-0.2, -0.15) is 4.98 Å². The Balaban J connectivity index is 2.38. The van der Waals surface area contributed by atoms with Crippen molar-refractivity contribution in [1.82, 2.24) is 9.97 Å². The third kappa shape index (κ3) is 3.93. The Hall–Kier alpha value is -3.83. The van der Waals surface area contributed by atoms with Crippen molar-refractivity contribution in [2.24, 2.45) is 0 Å². The topological polar surface area (TPSA) is 160 Å². The second-order valence-electron chi connectivity index (χ2n) is 4.49. The first-order valence-electron chi connectivity index (χ1n) is 6.56. The van der Waals surface area contributed by atoms with Crippen LogP contribution in [0.4, 0.5) is 17.1 Å². The van der Waals surface area contributed by atoms with Gasteiger partial charge in [-0.15, -0.1) is 0 Å². The van der Waals surface area contributed by atoms with Crippen LogP contribution >= 0.6 is 0 Å². The second kappa shape index (κ2) is 7.16. The molecule has 12 nitrogen and oxygen atoms in total. The van der Waals surface area contributed by atoms with E-state index in [9.17, 15) is 25.0 Å². The van der Waals surface area contributed by atoms with E-state index in [0.717, 1.165) is 18.2 Å². The molecule has 1 N–H and O–H groups in total. The number of non-ortho nitro benzene ring substituents is 2. The number of amides is 1. The molecule has 12 heteroatoms. The first-order valence-corrected chi connectivity index (χ1v) is 6.56. The van der Waals surface area contributed by atoms with Crippen molar-refractivity contribution >= 4 is 23.0 Å². The number of nitro benzene ring substituents is 2. The first kappa shape index (κ1) is 17.5. The average Bonchev–Trinajstić information content (AvgIpc) is 2.61. The molecule has 0 saturated heterocycles. The molecule has 1 heterocycles. The Labute approximate surface area is 139 Å². The standard InChI is InChI=1S/C13H11N5O7/c1-24-12-10(6-14-13(16-12)25-2)15-11(19)7-3-8(17(20)21)5-9(4-7)18(22)23/h3-6H,1-2H3,(H,15,19). The third-order valence-electron chi connectivity index (χ3n) is 2.94. The van der Waals surface area contributed by atoms with Crippen molar-refractivity contribution in [2.45, 2.75) is 0 Å². The number of hydrogen-bond donors (Lipinski definition) is 1. The van der Waals surface area contributed by atoms with Crippen molar-refractivity contribution in [3.05, 3.63) is 50.2 Å². The molecule has 130 valence electrons. The maximum atomic E-state index is 12.3. The Kier molecular flexibility index (Phi) is 5.02. The van der Waals surface area contributed by atoms with E-state index in [-0.39, 0.29) is 23.1 Å². The van der Waals surface area contributed by atoms with Crippen LogP contribution < -0.4 is 14.8 Å². The van der Waals surface area contributed by atoms with Gasteiger partial charge in [-0.3, -0.25) is 25.0 Å². The van der Waals surface area contributed by atoms with Gasteiger partial charge in [0.05, 0.1) is 41.9 Å². The quantitative estimate of drug-likeness (QED) is 0.602. The van der Waals surface area contributed by atoms with Crippen LogP contribution in [0, 0.1) is 20.2 Å². The van der Waals surface area contributed by atoms with Crippen LogP contribution in [0.1, 0.15) is 10.4 Å². The lowest BCUT2D eigenvalue weighted by molar-refractivity contribution is -0.394. The van der Waals surface area contributed by atoms with Gasteiger partial charge in [0.1, 0.15) is 5.69 Å². The molecule has 1 aromatic heterocycles. The number of nitrogens with zero attached hydrogens (tertiary/aromatic N) is 4. The molecule has 0 aliphatic carbocycles. The summed E-state index contributed by atoms with van der Waals surface area (Å²) in [5, 5.41) is 24.1. The number of nitrogens with one attached hydrogen (secondary N) is 1. The number of aromatic nitrogens is 2. The van der Waals surface area contributed by atoms with Gasteiger partial charge in [0.25, 0.3) is 17.3 Å². The molecule has 0 unspecified atom stereocenters. The van der Waals surface area contributed by atoms with E-state index < -0.39 is 27.1 Å². The number of carbonyl (C=O) groups is 1. The number of carbonyl (C=O) groups excluding carboxylic acids is 1. The number of benzene rings is 1. The maximum absolute atomic E-state index is 12.3. The molecule has 2 aromatic rings. The molecule has 0 aliphatic heterocycles. The van der Waals surface area contributed by atoms with E-state index in [4.69, 9.17) is 9.47 Å². The SMILES string of the molecule is COc1ncc(NC(=O)c2cc([N+](=O)[O-])cc([N+](=O)[O-])c2)c(OC)n1. The highest BCUT2D eigenvalue weighted by Gasteiger charge is 2.21. The Morgan fingerprint density at radius 2 is 1.68 bits per heavy atom. The first-order chi connectivity index (χ1) is 11.8. The molecule has 0 radical (unpaired) electrons. The molecule has 0 fully saturated rings. The fraction of sp³-hybridized carbons (Fsp3) is 0.154. The summed E-state index contributed by atoms with van der Waals surface area (Å²) in [5.41, 5.74) is -1.39. The average molecular weight is 349 g/mol. The van der Waals surface area contributed by atoms with E-state index in [1.54, 1.807) is 0 Å². The van der Waals surface area contributed by atoms with Gasteiger partial charge >= 0.3 is 6.01 Å². The number of nitro groups is 2. The number of methoxy groups -OCH3 is 2. The summed E-state index contributed by atoms with van der Waals surface area (Å²) in [6, 6.07) is 2.59. The number of hydrogen-bond acceptors (Lipinski definition) is 9. The van der Waals surface area contributed by atoms with Gasteiger partial charge in [-0.05, 0) is 0 Å². The Bertz CT molecular complexity index is 822. The molecule has 25 heavy (non-hydrogen) atoms. The van der Waals surface area contributed by atoms with Crippen LogP contribution in [0.2, 0.25) is 0 Å². The minimum Gasteiger partial charge on any atom is -0.479 e. The van der Waals surface area contributed by atoms with Crippen LogP contribution in [0.25, 0.3) is 0 Å². The molecule has 2 rings (SSSR count). The predicted octanol–water partition coefficient (Wildman–Crippen LogP) is 1.56. The highest BCUT2D eigenvalue weighted by molar-refractivity contribution is 6.05. The summed E-state index contributed by atoms with van der Waals surface area (Å²) in [6.07, 6.45) is 1.20. The molecule has 0 atom stereocenters. The van der Waals surface area contributed by atoms with E-state index in [1.807, 2.05) is 0 Å². The summed E-state index contributed by atoms with van der Waals surface area (Å²) in [4.78, 5) is 40.0. The van der Waals surface area contributed by atoms with Crippen LogP contribution in [0.5, 0.6) is 11.9 Å². The van der Waals surface area contributed by atoms with E-state index in [0.29, 0.717) is 0 Å². The van der Waals surface area contributed by atoms with Gasteiger partial charge in [0.15, 0.2) is 0 Å². The predicted molar refractivity (Wildman–Crippen MR) is 82.8 cm³/mol. The second-order valence-corrected chi connectivity index (χ2v) is 4.49.